The van der Waals surface area contributed by atoms with Gasteiger partial charge in [-0.15, -0.1) is 0 Å². The molecule has 0 aromatic heterocycles. The second-order valence-electron chi connectivity index (χ2n) is 5.39. The average Bonchev–Trinajstić information content (AvgIpc) is 2.53. The van der Waals surface area contributed by atoms with Crippen LogP contribution in [0.15, 0.2) is 54.6 Å². The summed E-state index contributed by atoms with van der Waals surface area (Å²) < 4.78 is 37.9. The van der Waals surface area contributed by atoms with E-state index >= 15 is 0 Å². The second-order valence-corrected chi connectivity index (χ2v) is 7.37. The summed E-state index contributed by atoms with van der Waals surface area (Å²) in [4.78, 5) is 12.0. The van der Waals surface area contributed by atoms with Crippen molar-refractivity contribution in [3.05, 3.63) is 66.0 Å². The minimum atomic E-state index is -3.43. The molecule has 0 aliphatic rings. The first-order chi connectivity index (χ1) is 11.3. The minimum Gasteiger partial charge on any atom is -0.326 e. The van der Waals surface area contributed by atoms with Crippen LogP contribution in [-0.2, 0) is 21.4 Å². The average molecular weight is 350 g/mol. The summed E-state index contributed by atoms with van der Waals surface area (Å²) in [5.74, 6) is -0.720. The highest BCUT2D eigenvalue weighted by Gasteiger charge is 2.18. The molecule has 7 heteroatoms. The van der Waals surface area contributed by atoms with Gasteiger partial charge in [-0.25, -0.2) is 12.8 Å². The smallest absolute Gasteiger partial charge is 0.225 e. The molecule has 128 valence electrons. The van der Waals surface area contributed by atoms with Crippen molar-refractivity contribution in [1.29, 1.82) is 0 Å². The fourth-order valence-corrected chi connectivity index (χ4v) is 2.94. The van der Waals surface area contributed by atoms with E-state index in [1.807, 2.05) is 30.3 Å². The second kappa shape index (κ2) is 8.03. The molecule has 0 aliphatic heterocycles. The van der Waals surface area contributed by atoms with Crippen LogP contribution < -0.4 is 5.32 Å². The molecule has 0 bridgehead atoms. The Morgan fingerprint density at radius 1 is 1.08 bits per heavy atom. The molecule has 0 heterocycles. The lowest BCUT2D eigenvalue weighted by Crippen LogP contribution is -2.32. The largest absolute Gasteiger partial charge is 0.326 e. The van der Waals surface area contributed by atoms with Crippen molar-refractivity contribution in [3.63, 3.8) is 0 Å². The monoisotopic (exact) mass is 350 g/mol. The molecule has 24 heavy (non-hydrogen) atoms. The van der Waals surface area contributed by atoms with E-state index in [0.717, 1.165) is 11.8 Å². The Morgan fingerprint density at radius 2 is 1.71 bits per heavy atom. The zero-order valence-corrected chi connectivity index (χ0v) is 14.1. The van der Waals surface area contributed by atoms with Crippen LogP contribution in [0.25, 0.3) is 0 Å². The summed E-state index contributed by atoms with van der Waals surface area (Å²) in [5, 5.41) is 2.61. The Morgan fingerprint density at radius 3 is 2.29 bits per heavy atom. The molecule has 2 aromatic rings. The fourth-order valence-electron chi connectivity index (χ4n) is 2.13. The number of hydrogen-bond donors (Lipinski definition) is 1. The van der Waals surface area contributed by atoms with Gasteiger partial charge in [-0.3, -0.25) is 4.79 Å². The third-order valence-electron chi connectivity index (χ3n) is 3.39. The Labute approximate surface area is 141 Å². The summed E-state index contributed by atoms with van der Waals surface area (Å²) in [5.41, 5.74) is 1.32. The summed E-state index contributed by atoms with van der Waals surface area (Å²) in [6.07, 6.45) is 1.13. The van der Waals surface area contributed by atoms with Crippen molar-refractivity contribution in [3.8, 4) is 0 Å². The van der Waals surface area contributed by atoms with Gasteiger partial charge in [0.05, 0.1) is 6.26 Å². The lowest BCUT2D eigenvalue weighted by molar-refractivity contribution is -0.116. The van der Waals surface area contributed by atoms with E-state index in [1.165, 1.54) is 28.6 Å². The summed E-state index contributed by atoms with van der Waals surface area (Å²) in [6.45, 7) is 0.282. The zero-order chi connectivity index (χ0) is 17.6. The summed E-state index contributed by atoms with van der Waals surface area (Å²) in [6, 6.07) is 14.6. The molecule has 2 rings (SSSR count). The Kier molecular flexibility index (Phi) is 6.05. The van der Waals surface area contributed by atoms with Crippen molar-refractivity contribution in [2.24, 2.45) is 0 Å². The number of carbonyl (C=O) groups is 1. The molecule has 0 aliphatic carbocycles. The third-order valence-corrected chi connectivity index (χ3v) is 4.64. The third kappa shape index (κ3) is 5.75. The highest BCUT2D eigenvalue weighted by atomic mass is 32.2. The number of nitrogens with one attached hydrogen (secondary N) is 1. The normalized spacial score (nSPS) is 11.5. The van der Waals surface area contributed by atoms with Crippen LogP contribution in [0, 0.1) is 5.82 Å². The molecule has 0 unspecified atom stereocenters. The topological polar surface area (TPSA) is 66.5 Å². The van der Waals surface area contributed by atoms with Crippen LogP contribution in [-0.4, -0.2) is 31.4 Å². The standard InChI is InChI=1S/C17H19FN2O3S/c1-24(22,23)20(13-14-5-3-2-4-6-14)12-11-17(21)19-16-9-7-15(18)8-10-16/h2-10H,11-13H2,1H3,(H,19,21). The van der Waals surface area contributed by atoms with Crippen LogP contribution in [0.2, 0.25) is 0 Å². The van der Waals surface area contributed by atoms with E-state index < -0.39 is 10.0 Å². The zero-order valence-electron chi connectivity index (χ0n) is 13.3. The number of carbonyl (C=O) groups excluding carboxylic acids is 1. The summed E-state index contributed by atoms with van der Waals surface area (Å²) in [7, 11) is -3.43. The van der Waals surface area contributed by atoms with E-state index in [1.54, 1.807) is 0 Å². The molecule has 0 fully saturated rings. The van der Waals surface area contributed by atoms with Crippen molar-refractivity contribution >= 4 is 21.6 Å². The van der Waals surface area contributed by atoms with E-state index in [9.17, 15) is 17.6 Å². The maximum atomic E-state index is 12.8. The number of hydrogen-bond acceptors (Lipinski definition) is 3. The molecule has 0 radical (unpaired) electrons. The number of sulfonamides is 1. The SMILES string of the molecule is CS(=O)(=O)N(CCC(=O)Nc1ccc(F)cc1)Cc1ccccc1. The van der Waals surface area contributed by atoms with Crippen LogP contribution in [0.3, 0.4) is 0 Å². The Bertz CT molecular complexity index is 777. The van der Waals surface area contributed by atoms with E-state index in [2.05, 4.69) is 5.32 Å². The van der Waals surface area contributed by atoms with Crippen LogP contribution in [0.1, 0.15) is 12.0 Å². The first kappa shape index (κ1) is 18.1. The van der Waals surface area contributed by atoms with Gasteiger partial charge >= 0.3 is 0 Å². The van der Waals surface area contributed by atoms with Gasteiger partial charge < -0.3 is 5.32 Å². The molecule has 5 nitrogen and oxygen atoms in total. The molecule has 2 aromatic carbocycles. The predicted molar refractivity (Wildman–Crippen MR) is 91.3 cm³/mol. The maximum Gasteiger partial charge on any atom is 0.225 e. The molecule has 1 amide bonds. The molecular weight excluding hydrogens is 331 g/mol. The van der Waals surface area contributed by atoms with Crippen LogP contribution in [0.4, 0.5) is 10.1 Å². The van der Waals surface area contributed by atoms with Gasteiger partial charge in [0.2, 0.25) is 15.9 Å². The van der Waals surface area contributed by atoms with Gasteiger partial charge in [0, 0.05) is 25.2 Å². The van der Waals surface area contributed by atoms with Crippen LogP contribution in [0.5, 0.6) is 0 Å². The van der Waals surface area contributed by atoms with E-state index in [0.29, 0.717) is 5.69 Å². The van der Waals surface area contributed by atoms with Crippen molar-refractivity contribution < 1.29 is 17.6 Å². The predicted octanol–water partition coefficient (Wildman–Crippen LogP) is 2.62. The highest BCUT2D eigenvalue weighted by Crippen LogP contribution is 2.11. The highest BCUT2D eigenvalue weighted by molar-refractivity contribution is 7.88. The van der Waals surface area contributed by atoms with Gasteiger partial charge in [0.1, 0.15) is 5.82 Å². The number of benzene rings is 2. The number of nitrogens with zero attached hydrogens (tertiary/aromatic N) is 1. The maximum absolute atomic E-state index is 12.8. The van der Waals surface area contributed by atoms with Gasteiger partial charge in [0.25, 0.3) is 0 Å². The Hall–Kier alpha value is -2.25. The van der Waals surface area contributed by atoms with Gasteiger partial charge in [-0.1, -0.05) is 30.3 Å². The fraction of sp³-hybridized carbons (Fsp3) is 0.235. The van der Waals surface area contributed by atoms with Crippen LogP contribution >= 0.6 is 0 Å². The van der Waals surface area contributed by atoms with Crippen molar-refractivity contribution in [2.45, 2.75) is 13.0 Å². The molecule has 1 N–H and O–H groups in total. The number of anilines is 1. The molecule has 0 atom stereocenters. The number of rotatable bonds is 7. The molecule has 0 spiro atoms. The number of amides is 1. The van der Waals surface area contributed by atoms with Crippen molar-refractivity contribution in [2.75, 3.05) is 18.1 Å². The van der Waals surface area contributed by atoms with E-state index in [4.69, 9.17) is 0 Å². The van der Waals surface area contributed by atoms with Gasteiger partial charge in [-0.05, 0) is 29.8 Å². The van der Waals surface area contributed by atoms with Crippen molar-refractivity contribution in [1.82, 2.24) is 4.31 Å². The van der Waals surface area contributed by atoms with Gasteiger partial charge in [0.15, 0.2) is 0 Å². The Balaban J connectivity index is 1.95. The summed E-state index contributed by atoms with van der Waals surface area (Å²) >= 11 is 0. The molecule has 0 saturated carbocycles. The lowest BCUT2D eigenvalue weighted by atomic mass is 10.2. The lowest BCUT2D eigenvalue weighted by Gasteiger charge is -2.19. The molecular formula is C17H19FN2O3S. The van der Waals surface area contributed by atoms with E-state index in [-0.39, 0.29) is 31.2 Å². The quantitative estimate of drug-likeness (QED) is 0.835. The first-order valence-electron chi connectivity index (χ1n) is 7.39. The number of halogens is 1. The van der Waals surface area contributed by atoms with Gasteiger partial charge in [-0.2, -0.15) is 4.31 Å². The minimum absolute atomic E-state index is 0.0112. The molecule has 0 saturated heterocycles. The first-order valence-corrected chi connectivity index (χ1v) is 9.24.